The van der Waals surface area contributed by atoms with E-state index >= 15 is 0 Å². The van der Waals surface area contributed by atoms with Crippen LogP contribution in [0.25, 0.3) is 5.82 Å². The van der Waals surface area contributed by atoms with E-state index in [1.807, 2.05) is 25.5 Å². The highest BCUT2D eigenvalue weighted by Crippen LogP contribution is 2.11. The second kappa shape index (κ2) is 5.52. The van der Waals surface area contributed by atoms with Crippen LogP contribution in [0.2, 0.25) is 0 Å². The first kappa shape index (κ1) is 13.7. The van der Waals surface area contributed by atoms with Gasteiger partial charge >= 0.3 is 0 Å². The van der Waals surface area contributed by atoms with E-state index < -0.39 is 0 Å². The third-order valence-corrected chi connectivity index (χ3v) is 3.15. The summed E-state index contributed by atoms with van der Waals surface area (Å²) in [6, 6.07) is 2.89. The van der Waals surface area contributed by atoms with Gasteiger partial charge in [0, 0.05) is 37.9 Å². The monoisotopic (exact) mass is 262 g/mol. The van der Waals surface area contributed by atoms with Crippen LogP contribution in [0, 0.1) is 0 Å². The minimum Gasteiger partial charge on any atom is -0.293 e. The molecule has 0 aliphatic carbocycles. The number of hydrogen-bond donors (Lipinski definition) is 0. The van der Waals surface area contributed by atoms with Crippen molar-refractivity contribution < 1.29 is 0 Å². The van der Waals surface area contributed by atoms with Crippen LogP contribution in [0.1, 0.15) is 33.4 Å². The first-order valence-electron chi connectivity index (χ1n) is 6.64. The molecule has 0 radical (unpaired) electrons. The van der Waals surface area contributed by atoms with E-state index in [-0.39, 0.29) is 0 Å². The lowest BCUT2D eigenvalue weighted by atomic mass is 10.2. The van der Waals surface area contributed by atoms with E-state index in [0.29, 0.717) is 12.1 Å². The molecule has 0 unspecified atom stereocenters. The highest BCUT2D eigenvalue weighted by atomic mass is 15.5. The SMILES string of the molecule is CC(C)N(Cc1cn(-c2ccn(C)n2)nn1)C(C)C. The van der Waals surface area contributed by atoms with Gasteiger partial charge in [-0.1, -0.05) is 5.21 Å². The smallest absolute Gasteiger partial charge is 0.176 e. The molecule has 0 aliphatic rings. The van der Waals surface area contributed by atoms with Gasteiger partial charge in [-0.3, -0.25) is 9.58 Å². The maximum Gasteiger partial charge on any atom is 0.176 e. The number of nitrogens with zero attached hydrogens (tertiary/aromatic N) is 6. The second-order valence-electron chi connectivity index (χ2n) is 5.36. The summed E-state index contributed by atoms with van der Waals surface area (Å²) < 4.78 is 3.47. The van der Waals surface area contributed by atoms with Crippen LogP contribution < -0.4 is 0 Å². The minimum absolute atomic E-state index is 0.486. The van der Waals surface area contributed by atoms with Crippen molar-refractivity contribution >= 4 is 0 Å². The molecular weight excluding hydrogens is 240 g/mol. The molecule has 0 atom stereocenters. The molecule has 2 rings (SSSR count). The van der Waals surface area contributed by atoms with Gasteiger partial charge in [-0.15, -0.1) is 5.10 Å². The van der Waals surface area contributed by atoms with Crippen molar-refractivity contribution in [2.24, 2.45) is 7.05 Å². The Kier molecular flexibility index (Phi) is 3.99. The Morgan fingerprint density at radius 1 is 1.21 bits per heavy atom. The molecule has 19 heavy (non-hydrogen) atoms. The van der Waals surface area contributed by atoms with Crippen molar-refractivity contribution in [2.45, 2.75) is 46.3 Å². The molecule has 0 fully saturated rings. The van der Waals surface area contributed by atoms with Crippen molar-refractivity contribution in [3.63, 3.8) is 0 Å². The van der Waals surface area contributed by atoms with Crippen LogP contribution in [0.5, 0.6) is 0 Å². The van der Waals surface area contributed by atoms with Crippen molar-refractivity contribution in [3.8, 4) is 5.82 Å². The fraction of sp³-hybridized carbons (Fsp3) is 0.615. The molecule has 2 heterocycles. The zero-order valence-electron chi connectivity index (χ0n) is 12.3. The summed E-state index contributed by atoms with van der Waals surface area (Å²) in [4.78, 5) is 2.38. The average molecular weight is 262 g/mol. The van der Waals surface area contributed by atoms with Gasteiger partial charge in [0.25, 0.3) is 0 Å². The van der Waals surface area contributed by atoms with Crippen molar-refractivity contribution in [3.05, 3.63) is 24.2 Å². The molecule has 0 amide bonds. The molecule has 2 aromatic heterocycles. The third-order valence-electron chi connectivity index (χ3n) is 3.15. The van der Waals surface area contributed by atoms with E-state index in [9.17, 15) is 0 Å². The Labute approximate surface area is 114 Å². The quantitative estimate of drug-likeness (QED) is 0.821. The Bertz CT molecular complexity index is 517. The summed E-state index contributed by atoms with van der Waals surface area (Å²) in [5.74, 6) is 0.793. The molecule has 0 N–H and O–H groups in total. The molecule has 0 spiro atoms. The van der Waals surface area contributed by atoms with Crippen molar-refractivity contribution in [2.75, 3.05) is 0 Å². The molecule has 2 aromatic rings. The van der Waals surface area contributed by atoms with Gasteiger partial charge in [0.2, 0.25) is 0 Å². The van der Waals surface area contributed by atoms with E-state index in [0.717, 1.165) is 18.1 Å². The molecular formula is C13H22N6. The maximum atomic E-state index is 4.31. The highest BCUT2D eigenvalue weighted by Gasteiger charge is 2.16. The van der Waals surface area contributed by atoms with Crippen LogP contribution in [0.4, 0.5) is 0 Å². The summed E-state index contributed by atoms with van der Waals surface area (Å²) in [6.45, 7) is 9.60. The van der Waals surface area contributed by atoms with Crippen LogP contribution >= 0.6 is 0 Å². The van der Waals surface area contributed by atoms with Crippen LogP contribution in [-0.4, -0.2) is 41.8 Å². The van der Waals surface area contributed by atoms with Gasteiger partial charge in [-0.05, 0) is 27.7 Å². The lowest BCUT2D eigenvalue weighted by Crippen LogP contribution is -2.36. The molecule has 0 saturated carbocycles. The Balaban J connectivity index is 2.13. The summed E-state index contributed by atoms with van der Waals surface area (Å²) in [6.07, 6.45) is 3.84. The minimum atomic E-state index is 0.486. The summed E-state index contributed by atoms with van der Waals surface area (Å²) in [5, 5.41) is 12.7. The average Bonchev–Trinajstić information content (AvgIpc) is 2.93. The van der Waals surface area contributed by atoms with Crippen molar-refractivity contribution in [1.82, 2.24) is 29.7 Å². The first-order chi connectivity index (χ1) is 8.97. The van der Waals surface area contributed by atoms with Gasteiger partial charge in [0.1, 0.15) is 0 Å². The number of hydrogen-bond acceptors (Lipinski definition) is 4. The highest BCUT2D eigenvalue weighted by molar-refractivity contribution is 5.18. The van der Waals surface area contributed by atoms with Crippen LogP contribution in [0.3, 0.4) is 0 Å². The molecule has 6 nitrogen and oxygen atoms in total. The van der Waals surface area contributed by atoms with Gasteiger partial charge in [0.05, 0.1) is 11.9 Å². The number of rotatable bonds is 5. The molecule has 6 heteroatoms. The lowest BCUT2D eigenvalue weighted by Gasteiger charge is -2.29. The molecule has 0 saturated heterocycles. The van der Waals surface area contributed by atoms with Gasteiger partial charge in [0.15, 0.2) is 5.82 Å². The van der Waals surface area contributed by atoms with Gasteiger partial charge < -0.3 is 0 Å². The fourth-order valence-corrected chi connectivity index (χ4v) is 2.16. The van der Waals surface area contributed by atoms with Gasteiger partial charge in [-0.25, -0.2) is 4.68 Å². The van der Waals surface area contributed by atoms with E-state index in [2.05, 4.69) is 48.0 Å². The largest absolute Gasteiger partial charge is 0.293 e. The predicted octanol–water partition coefficient (Wildman–Crippen LogP) is 1.62. The van der Waals surface area contributed by atoms with E-state index in [1.54, 1.807) is 9.36 Å². The normalized spacial score (nSPS) is 12.0. The predicted molar refractivity (Wildman–Crippen MR) is 73.9 cm³/mol. The van der Waals surface area contributed by atoms with E-state index in [4.69, 9.17) is 0 Å². The second-order valence-corrected chi connectivity index (χ2v) is 5.36. The number of aromatic nitrogens is 5. The molecule has 0 bridgehead atoms. The molecule has 0 aromatic carbocycles. The van der Waals surface area contributed by atoms with Crippen LogP contribution in [0.15, 0.2) is 18.5 Å². The molecule has 104 valence electrons. The summed E-state index contributed by atoms with van der Waals surface area (Å²) in [7, 11) is 1.89. The third kappa shape index (κ3) is 3.20. The fourth-order valence-electron chi connectivity index (χ4n) is 2.16. The zero-order valence-corrected chi connectivity index (χ0v) is 12.3. The Morgan fingerprint density at radius 2 is 1.89 bits per heavy atom. The molecule has 0 aliphatic heterocycles. The lowest BCUT2D eigenvalue weighted by molar-refractivity contribution is 0.164. The maximum absolute atomic E-state index is 4.31. The topological polar surface area (TPSA) is 51.8 Å². The van der Waals surface area contributed by atoms with Crippen molar-refractivity contribution in [1.29, 1.82) is 0 Å². The Hall–Kier alpha value is -1.69. The zero-order chi connectivity index (χ0) is 14.0. The standard InChI is InChI=1S/C13H22N6/c1-10(2)18(11(3)4)8-12-9-19(16-14-12)13-6-7-17(5)15-13/h6-7,9-11H,8H2,1-5H3. The summed E-state index contributed by atoms with van der Waals surface area (Å²) >= 11 is 0. The summed E-state index contributed by atoms with van der Waals surface area (Å²) in [5.41, 5.74) is 0.966. The van der Waals surface area contributed by atoms with Crippen LogP contribution in [-0.2, 0) is 13.6 Å². The number of aryl methyl sites for hydroxylation is 1. The van der Waals surface area contributed by atoms with Gasteiger partial charge in [-0.2, -0.15) is 5.10 Å². The Morgan fingerprint density at radius 3 is 2.42 bits per heavy atom. The van der Waals surface area contributed by atoms with E-state index in [1.165, 1.54) is 0 Å². The first-order valence-corrected chi connectivity index (χ1v) is 6.64.